The molecule has 0 atom stereocenters. The predicted molar refractivity (Wildman–Crippen MR) is 87.2 cm³/mol. The largest absolute Gasteiger partial charge is 0.319 e. The summed E-state index contributed by atoms with van der Waals surface area (Å²) in [5.74, 6) is 0. The maximum atomic E-state index is 3.48. The number of nitrogens with zero attached hydrogens (tertiary/aromatic N) is 1. The van der Waals surface area contributed by atoms with Gasteiger partial charge in [0.25, 0.3) is 0 Å². The van der Waals surface area contributed by atoms with Crippen molar-refractivity contribution in [1.29, 1.82) is 0 Å². The minimum absolute atomic E-state index is 0.533. The minimum Gasteiger partial charge on any atom is -0.319 e. The third-order valence-corrected chi connectivity index (χ3v) is 5.77. The van der Waals surface area contributed by atoms with Crippen LogP contribution in [0.25, 0.3) is 0 Å². The van der Waals surface area contributed by atoms with Gasteiger partial charge in [0, 0.05) is 25.7 Å². The standard InChI is InChI=1S/C17H28N2S/c1-18-13-17(8-3-2-4-9-17)14-19(16-5-6-16)11-15-7-10-20-12-15/h7,10,12,16,18H,2-6,8-9,11,13-14H2,1H3. The third-order valence-electron chi connectivity index (χ3n) is 5.03. The van der Waals surface area contributed by atoms with Crippen molar-refractivity contribution in [3.05, 3.63) is 22.4 Å². The second-order valence-corrected chi connectivity index (χ2v) is 7.64. The summed E-state index contributed by atoms with van der Waals surface area (Å²) in [6.45, 7) is 3.66. The van der Waals surface area contributed by atoms with Gasteiger partial charge >= 0.3 is 0 Å². The molecule has 0 bridgehead atoms. The van der Waals surface area contributed by atoms with Crippen LogP contribution in [0.2, 0.25) is 0 Å². The molecule has 0 amide bonds. The molecule has 3 heteroatoms. The summed E-state index contributed by atoms with van der Waals surface area (Å²) in [7, 11) is 2.12. The molecule has 1 N–H and O–H groups in total. The Morgan fingerprint density at radius 1 is 1.30 bits per heavy atom. The van der Waals surface area contributed by atoms with Gasteiger partial charge in [0.2, 0.25) is 0 Å². The quantitative estimate of drug-likeness (QED) is 0.820. The molecule has 0 radical (unpaired) electrons. The van der Waals surface area contributed by atoms with Crippen molar-refractivity contribution in [2.75, 3.05) is 20.1 Å². The molecule has 2 saturated carbocycles. The summed E-state index contributed by atoms with van der Waals surface area (Å²) in [5, 5.41) is 8.01. The van der Waals surface area contributed by atoms with E-state index < -0.39 is 0 Å². The number of nitrogens with one attached hydrogen (secondary N) is 1. The molecule has 2 aliphatic rings. The number of hydrogen-bond acceptors (Lipinski definition) is 3. The van der Waals surface area contributed by atoms with Crippen LogP contribution in [0, 0.1) is 5.41 Å². The Morgan fingerprint density at radius 3 is 2.70 bits per heavy atom. The molecule has 0 saturated heterocycles. The lowest BCUT2D eigenvalue weighted by atomic mass is 9.73. The topological polar surface area (TPSA) is 15.3 Å². The van der Waals surface area contributed by atoms with E-state index in [9.17, 15) is 0 Å². The van der Waals surface area contributed by atoms with Gasteiger partial charge in [-0.2, -0.15) is 11.3 Å². The van der Waals surface area contributed by atoms with Crippen LogP contribution in [-0.4, -0.2) is 31.1 Å². The molecule has 3 rings (SSSR count). The zero-order valence-electron chi connectivity index (χ0n) is 12.7. The van der Waals surface area contributed by atoms with Gasteiger partial charge in [0.15, 0.2) is 0 Å². The Balaban J connectivity index is 1.67. The lowest BCUT2D eigenvalue weighted by Gasteiger charge is -2.41. The van der Waals surface area contributed by atoms with E-state index in [1.54, 1.807) is 0 Å². The number of rotatable bonds is 7. The highest BCUT2D eigenvalue weighted by Crippen LogP contribution is 2.39. The van der Waals surface area contributed by atoms with E-state index in [0.29, 0.717) is 5.41 Å². The molecule has 112 valence electrons. The SMILES string of the molecule is CNCC1(CN(Cc2ccsc2)C2CC2)CCCCC1. The van der Waals surface area contributed by atoms with Gasteiger partial charge in [-0.15, -0.1) is 0 Å². The normalized spacial score (nSPS) is 22.3. The molecule has 1 heterocycles. The number of thiophene rings is 1. The van der Waals surface area contributed by atoms with Gasteiger partial charge in [-0.3, -0.25) is 4.90 Å². The highest BCUT2D eigenvalue weighted by atomic mass is 32.1. The van der Waals surface area contributed by atoms with E-state index in [0.717, 1.165) is 6.04 Å². The molecule has 2 fully saturated rings. The molecule has 0 aromatic carbocycles. The zero-order valence-corrected chi connectivity index (χ0v) is 13.6. The van der Waals surface area contributed by atoms with Gasteiger partial charge in [-0.05, 0) is 60.5 Å². The molecule has 1 aromatic heterocycles. The van der Waals surface area contributed by atoms with Crippen LogP contribution in [0.15, 0.2) is 16.8 Å². The van der Waals surface area contributed by atoms with Crippen LogP contribution in [0.4, 0.5) is 0 Å². The zero-order chi connectivity index (χ0) is 13.8. The monoisotopic (exact) mass is 292 g/mol. The fourth-order valence-electron chi connectivity index (χ4n) is 3.87. The second kappa shape index (κ2) is 6.59. The van der Waals surface area contributed by atoms with Crippen molar-refractivity contribution in [3.63, 3.8) is 0 Å². The maximum Gasteiger partial charge on any atom is 0.0245 e. The van der Waals surface area contributed by atoms with E-state index >= 15 is 0 Å². The fraction of sp³-hybridized carbons (Fsp3) is 0.765. The van der Waals surface area contributed by atoms with E-state index in [1.165, 1.54) is 70.1 Å². The Hall–Kier alpha value is -0.380. The van der Waals surface area contributed by atoms with Crippen LogP contribution in [0.3, 0.4) is 0 Å². The molecule has 0 spiro atoms. The fourth-order valence-corrected chi connectivity index (χ4v) is 4.53. The summed E-state index contributed by atoms with van der Waals surface area (Å²) in [4.78, 5) is 2.78. The van der Waals surface area contributed by atoms with Crippen molar-refractivity contribution in [2.45, 2.75) is 57.5 Å². The number of hydrogen-bond donors (Lipinski definition) is 1. The van der Waals surface area contributed by atoms with Crippen molar-refractivity contribution < 1.29 is 0 Å². The van der Waals surface area contributed by atoms with Crippen LogP contribution in [0.5, 0.6) is 0 Å². The molecule has 2 aliphatic carbocycles. The van der Waals surface area contributed by atoms with Crippen molar-refractivity contribution in [3.8, 4) is 0 Å². The van der Waals surface area contributed by atoms with E-state index in [4.69, 9.17) is 0 Å². The summed E-state index contributed by atoms with van der Waals surface area (Å²) in [6.07, 6.45) is 9.97. The van der Waals surface area contributed by atoms with Crippen molar-refractivity contribution in [1.82, 2.24) is 10.2 Å². The van der Waals surface area contributed by atoms with Crippen LogP contribution in [-0.2, 0) is 6.54 Å². The Morgan fingerprint density at radius 2 is 2.10 bits per heavy atom. The highest BCUT2D eigenvalue weighted by molar-refractivity contribution is 7.07. The summed E-state index contributed by atoms with van der Waals surface area (Å²) in [5.41, 5.74) is 2.04. The van der Waals surface area contributed by atoms with Crippen LogP contribution < -0.4 is 5.32 Å². The molecular formula is C17H28N2S. The van der Waals surface area contributed by atoms with E-state index in [1.807, 2.05) is 11.3 Å². The lowest BCUT2D eigenvalue weighted by molar-refractivity contribution is 0.0945. The molecule has 0 unspecified atom stereocenters. The highest BCUT2D eigenvalue weighted by Gasteiger charge is 2.38. The Kier molecular flexibility index (Phi) is 4.79. The average Bonchev–Trinajstić information content (AvgIpc) is 3.18. The van der Waals surface area contributed by atoms with Crippen LogP contribution >= 0.6 is 11.3 Å². The molecule has 2 nitrogen and oxygen atoms in total. The first kappa shape index (κ1) is 14.6. The Labute approximate surface area is 127 Å². The Bertz CT molecular complexity index is 386. The first-order chi connectivity index (χ1) is 9.81. The van der Waals surface area contributed by atoms with Gasteiger partial charge < -0.3 is 5.32 Å². The summed E-state index contributed by atoms with van der Waals surface area (Å²) < 4.78 is 0. The second-order valence-electron chi connectivity index (χ2n) is 6.86. The van der Waals surface area contributed by atoms with Gasteiger partial charge in [0.1, 0.15) is 0 Å². The molecule has 1 aromatic rings. The smallest absolute Gasteiger partial charge is 0.0245 e. The minimum atomic E-state index is 0.533. The van der Waals surface area contributed by atoms with Gasteiger partial charge in [0.05, 0.1) is 0 Å². The first-order valence-corrected chi connectivity index (χ1v) is 9.15. The van der Waals surface area contributed by atoms with Crippen LogP contribution in [0.1, 0.15) is 50.5 Å². The summed E-state index contributed by atoms with van der Waals surface area (Å²) >= 11 is 1.83. The average molecular weight is 292 g/mol. The van der Waals surface area contributed by atoms with E-state index in [-0.39, 0.29) is 0 Å². The van der Waals surface area contributed by atoms with Crippen molar-refractivity contribution in [2.24, 2.45) is 5.41 Å². The third kappa shape index (κ3) is 3.63. The molecule has 0 aliphatic heterocycles. The van der Waals surface area contributed by atoms with Crippen molar-refractivity contribution >= 4 is 11.3 Å². The first-order valence-electron chi connectivity index (χ1n) is 8.21. The van der Waals surface area contributed by atoms with E-state index in [2.05, 4.69) is 34.1 Å². The lowest BCUT2D eigenvalue weighted by Crippen LogP contribution is -2.45. The predicted octanol–water partition coefficient (Wildman–Crippen LogP) is 3.88. The van der Waals surface area contributed by atoms with Gasteiger partial charge in [-0.25, -0.2) is 0 Å². The summed E-state index contributed by atoms with van der Waals surface area (Å²) in [6, 6.07) is 3.16. The van der Waals surface area contributed by atoms with Gasteiger partial charge in [-0.1, -0.05) is 19.3 Å². The molecular weight excluding hydrogens is 264 g/mol. The molecule has 20 heavy (non-hydrogen) atoms. The maximum absolute atomic E-state index is 3.48.